The molecule has 20 heavy (non-hydrogen) atoms. The van der Waals surface area contributed by atoms with Gasteiger partial charge >= 0.3 is 0 Å². The van der Waals surface area contributed by atoms with E-state index in [-0.39, 0.29) is 5.56 Å². The molecule has 1 aromatic rings. The highest BCUT2D eigenvalue weighted by Gasteiger charge is 2.09. The summed E-state index contributed by atoms with van der Waals surface area (Å²) in [6, 6.07) is 0. The van der Waals surface area contributed by atoms with E-state index in [9.17, 15) is 4.79 Å². The summed E-state index contributed by atoms with van der Waals surface area (Å²) in [5.74, 6) is 1.62. The molecule has 0 saturated carbocycles. The van der Waals surface area contributed by atoms with Crippen molar-refractivity contribution in [2.45, 2.75) is 39.7 Å². The van der Waals surface area contributed by atoms with Gasteiger partial charge in [0.05, 0.1) is 11.9 Å². The summed E-state index contributed by atoms with van der Waals surface area (Å²) < 4.78 is 2.09. The van der Waals surface area contributed by atoms with Crippen LogP contribution in [0.2, 0.25) is 0 Å². The van der Waals surface area contributed by atoms with Crippen molar-refractivity contribution in [3.8, 4) is 0 Å². The van der Waals surface area contributed by atoms with Gasteiger partial charge in [-0.2, -0.15) is 16.9 Å². The predicted molar refractivity (Wildman–Crippen MR) is 91.8 cm³/mol. The van der Waals surface area contributed by atoms with Crippen molar-refractivity contribution in [2.75, 3.05) is 23.9 Å². The van der Waals surface area contributed by atoms with Gasteiger partial charge in [-0.05, 0) is 46.7 Å². The van der Waals surface area contributed by atoms with Gasteiger partial charge < -0.3 is 5.32 Å². The fraction of sp³-hybridized carbons (Fsp3) is 0.714. The third kappa shape index (κ3) is 5.87. The van der Waals surface area contributed by atoms with E-state index in [1.54, 1.807) is 6.20 Å². The van der Waals surface area contributed by atoms with E-state index in [0.717, 1.165) is 18.7 Å². The monoisotopic (exact) mass is 361 g/mol. The molecule has 114 valence electrons. The van der Waals surface area contributed by atoms with E-state index in [1.807, 2.05) is 11.8 Å². The Kier molecular flexibility index (Phi) is 8.30. The van der Waals surface area contributed by atoms with Crippen LogP contribution in [0.15, 0.2) is 15.5 Å². The van der Waals surface area contributed by atoms with Gasteiger partial charge in [-0.1, -0.05) is 20.3 Å². The molecular weight excluding hydrogens is 338 g/mol. The fourth-order valence-corrected chi connectivity index (χ4v) is 2.78. The van der Waals surface area contributed by atoms with Crippen LogP contribution in [0.5, 0.6) is 0 Å². The van der Waals surface area contributed by atoms with Crippen LogP contribution in [0.1, 0.15) is 33.1 Å². The zero-order valence-electron chi connectivity index (χ0n) is 12.5. The number of aromatic nitrogens is 2. The van der Waals surface area contributed by atoms with Crippen LogP contribution in [0.3, 0.4) is 0 Å². The third-order valence-electron chi connectivity index (χ3n) is 2.86. The molecule has 4 nitrogen and oxygen atoms in total. The highest BCUT2D eigenvalue weighted by atomic mass is 79.9. The molecule has 1 rings (SSSR count). The standard InChI is InChI=1S/C14H24BrN3OS/c1-11(2)10-18-14(19)13(15)12(9-17-18)16-7-5-4-6-8-20-3/h9,11,16H,4-8,10H2,1-3H3. The topological polar surface area (TPSA) is 46.9 Å². The van der Waals surface area contributed by atoms with Gasteiger partial charge in [0, 0.05) is 13.1 Å². The molecule has 6 heteroatoms. The van der Waals surface area contributed by atoms with E-state index in [4.69, 9.17) is 0 Å². The lowest BCUT2D eigenvalue weighted by molar-refractivity contribution is 0.462. The number of nitrogens with zero attached hydrogens (tertiary/aromatic N) is 2. The zero-order valence-corrected chi connectivity index (χ0v) is 14.9. The Labute approximate surface area is 133 Å². The van der Waals surface area contributed by atoms with Gasteiger partial charge in [-0.3, -0.25) is 4.79 Å². The molecule has 0 aliphatic carbocycles. The van der Waals surface area contributed by atoms with Crippen molar-refractivity contribution >= 4 is 33.4 Å². The van der Waals surface area contributed by atoms with Crippen molar-refractivity contribution < 1.29 is 0 Å². The van der Waals surface area contributed by atoms with Crippen LogP contribution in [-0.4, -0.2) is 28.3 Å². The van der Waals surface area contributed by atoms with Gasteiger partial charge in [0.25, 0.3) is 5.56 Å². The Morgan fingerprint density at radius 2 is 2.15 bits per heavy atom. The molecule has 1 heterocycles. The molecular formula is C14H24BrN3OS. The van der Waals surface area contributed by atoms with Gasteiger partial charge in [0.2, 0.25) is 0 Å². The van der Waals surface area contributed by atoms with Crippen molar-refractivity contribution in [1.82, 2.24) is 9.78 Å². The second kappa shape index (κ2) is 9.45. The Balaban J connectivity index is 2.51. The molecule has 0 atom stereocenters. The molecule has 1 N–H and O–H groups in total. The van der Waals surface area contributed by atoms with Gasteiger partial charge in [0.15, 0.2) is 0 Å². The van der Waals surface area contributed by atoms with Gasteiger partial charge in [-0.25, -0.2) is 4.68 Å². The second-order valence-electron chi connectivity index (χ2n) is 5.23. The van der Waals surface area contributed by atoms with Gasteiger partial charge in [-0.15, -0.1) is 0 Å². The maximum absolute atomic E-state index is 12.1. The maximum Gasteiger partial charge on any atom is 0.283 e. The van der Waals surface area contributed by atoms with E-state index < -0.39 is 0 Å². The Morgan fingerprint density at radius 3 is 2.80 bits per heavy atom. The summed E-state index contributed by atoms with van der Waals surface area (Å²) in [6.45, 7) is 5.67. The van der Waals surface area contributed by atoms with E-state index in [0.29, 0.717) is 16.9 Å². The third-order valence-corrected chi connectivity index (χ3v) is 4.33. The van der Waals surface area contributed by atoms with Crippen LogP contribution < -0.4 is 10.9 Å². The molecule has 0 unspecified atom stereocenters. The number of hydrogen-bond donors (Lipinski definition) is 1. The summed E-state index contributed by atoms with van der Waals surface area (Å²) >= 11 is 5.26. The average molecular weight is 362 g/mol. The minimum atomic E-state index is -0.0638. The zero-order chi connectivity index (χ0) is 15.0. The van der Waals surface area contributed by atoms with Crippen LogP contribution in [0, 0.1) is 5.92 Å². The number of thioether (sulfide) groups is 1. The molecule has 0 bridgehead atoms. The number of anilines is 1. The first-order valence-corrected chi connectivity index (χ1v) is 9.23. The van der Waals surface area contributed by atoms with Crippen molar-refractivity contribution in [3.05, 3.63) is 21.0 Å². The lowest BCUT2D eigenvalue weighted by Gasteiger charge is -2.11. The van der Waals surface area contributed by atoms with Crippen molar-refractivity contribution in [1.29, 1.82) is 0 Å². The smallest absolute Gasteiger partial charge is 0.283 e. The molecule has 0 aliphatic rings. The summed E-state index contributed by atoms with van der Waals surface area (Å²) in [4.78, 5) is 12.1. The molecule has 0 spiro atoms. The molecule has 0 radical (unpaired) electrons. The first-order chi connectivity index (χ1) is 9.56. The molecule has 1 aromatic heterocycles. The number of unbranched alkanes of at least 4 members (excludes halogenated alkanes) is 2. The minimum absolute atomic E-state index is 0.0638. The molecule has 0 aromatic carbocycles. The van der Waals surface area contributed by atoms with Crippen LogP contribution in [-0.2, 0) is 6.54 Å². The molecule has 0 saturated heterocycles. The van der Waals surface area contributed by atoms with E-state index in [2.05, 4.69) is 46.4 Å². The SMILES string of the molecule is CSCCCCCNc1cnn(CC(C)C)c(=O)c1Br. The quantitative estimate of drug-likeness (QED) is 0.682. The Morgan fingerprint density at radius 1 is 1.40 bits per heavy atom. The number of halogens is 1. The number of rotatable bonds is 9. The fourth-order valence-electron chi connectivity index (χ4n) is 1.84. The second-order valence-corrected chi connectivity index (χ2v) is 7.01. The highest BCUT2D eigenvalue weighted by molar-refractivity contribution is 9.10. The van der Waals surface area contributed by atoms with Crippen LogP contribution in [0.4, 0.5) is 5.69 Å². The Hall–Kier alpha value is -0.490. The Bertz CT molecular complexity index is 462. The predicted octanol–water partition coefficient (Wildman–Crippen LogP) is 3.61. The van der Waals surface area contributed by atoms with E-state index in [1.165, 1.54) is 23.3 Å². The average Bonchev–Trinajstić information content (AvgIpc) is 2.41. The minimum Gasteiger partial charge on any atom is -0.383 e. The van der Waals surface area contributed by atoms with E-state index >= 15 is 0 Å². The first kappa shape index (κ1) is 17.6. The lowest BCUT2D eigenvalue weighted by atomic mass is 10.2. The largest absolute Gasteiger partial charge is 0.383 e. The maximum atomic E-state index is 12.1. The normalized spacial score (nSPS) is 11.1. The molecule has 0 aliphatic heterocycles. The van der Waals surface area contributed by atoms with Crippen LogP contribution in [0.25, 0.3) is 0 Å². The lowest BCUT2D eigenvalue weighted by Crippen LogP contribution is -2.26. The molecule has 0 amide bonds. The summed E-state index contributed by atoms with van der Waals surface area (Å²) in [5.41, 5.74) is 0.728. The summed E-state index contributed by atoms with van der Waals surface area (Å²) in [5, 5.41) is 7.50. The summed E-state index contributed by atoms with van der Waals surface area (Å²) in [7, 11) is 0. The van der Waals surface area contributed by atoms with Crippen LogP contribution >= 0.6 is 27.7 Å². The first-order valence-electron chi connectivity index (χ1n) is 7.04. The number of nitrogens with one attached hydrogen (secondary N) is 1. The molecule has 0 fully saturated rings. The number of hydrogen-bond acceptors (Lipinski definition) is 4. The highest BCUT2D eigenvalue weighted by Crippen LogP contribution is 2.16. The van der Waals surface area contributed by atoms with Gasteiger partial charge in [0.1, 0.15) is 4.47 Å². The summed E-state index contributed by atoms with van der Waals surface area (Å²) in [6.07, 6.45) is 7.44. The van der Waals surface area contributed by atoms with Crippen molar-refractivity contribution in [2.24, 2.45) is 5.92 Å². The van der Waals surface area contributed by atoms with Crippen molar-refractivity contribution in [3.63, 3.8) is 0 Å².